The summed E-state index contributed by atoms with van der Waals surface area (Å²) in [6, 6.07) is 6.14. The number of hydrogen-bond acceptors (Lipinski definition) is 8. The Bertz CT molecular complexity index is 1290. The highest BCUT2D eigenvalue weighted by Gasteiger charge is 2.73. The fourth-order valence-corrected chi connectivity index (χ4v) is 7.03. The molecule has 7 rings (SSSR count). The Morgan fingerprint density at radius 1 is 1.20 bits per heavy atom. The zero-order chi connectivity index (χ0) is 24.1. The van der Waals surface area contributed by atoms with Crippen LogP contribution in [0.25, 0.3) is 0 Å². The van der Waals surface area contributed by atoms with Gasteiger partial charge in [0, 0.05) is 30.6 Å². The number of aromatic nitrogens is 1. The standard InChI is InChI=1S/C26H27N3O6/c30-17-5-3-14-9-18-26(34)10-16(24(33)28-15-4-6-19(31)27-11-15)21(32)23-25(26,20(14)22(17)35-23)7-8-29(18)12-13-1-2-13/h3-6,11,13,18,23,30,32,34H,1-2,7-10,12H2,(H,27,31)(H,28,33)/t18-,23+,25+,26-/m1/s1. The summed E-state index contributed by atoms with van der Waals surface area (Å²) in [6.45, 7) is 1.66. The van der Waals surface area contributed by atoms with E-state index >= 15 is 0 Å². The van der Waals surface area contributed by atoms with E-state index in [1.54, 1.807) is 6.07 Å². The van der Waals surface area contributed by atoms with Crippen molar-refractivity contribution in [3.8, 4) is 17.4 Å². The van der Waals surface area contributed by atoms with Gasteiger partial charge in [-0.05, 0) is 55.8 Å². The van der Waals surface area contributed by atoms with Gasteiger partial charge in [0.1, 0.15) is 5.76 Å². The minimum atomic E-state index is -1.36. The Morgan fingerprint density at radius 2 is 2.03 bits per heavy atom. The molecule has 5 aliphatic rings. The molecule has 3 heterocycles. The van der Waals surface area contributed by atoms with Crippen LogP contribution in [0.4, 0.5) is 5.69 Å². The third-order valence-corrected chi connectivity index (χ3v) is 8.80. The number of nitrogens with one attached hydrogen (secondary N) is 1. The largest absolute Gasteiger partial charge is 0.508 e. The molecular weight excluding hydrogens is 450 g/mol. The van der Waals surface area contributed by atoms with Gasteiger partial charge < -0.3 is 30.5 Å². The highest BCUT2D eigenvalue weighted by Crippen LogP contribution is 2.66. The second-order valence-electron chi connectivity index (χ2n) is 10.6. The predicted molar refractivity (Wildman–Crippen MR) is 124 cm³/mol. The number of aliphatic hydroxyl groups excluding tert-OH is 1. The minimum Gasteiger partial charge on any atom is -0.508 e. The number of ether oxygens (including phenoxy) is 1. The summed E-state index contributed by atoms with van der Waals surface area (Å²) >= 11 is 0. The van der Waals surface area contributed by atoms with Crippen LogP contribution in [0.5, 0.6) is 17.4 Å². The van der Waals surface area contributed by atoms with Crippen molar-refractivity contribution < 1.29 is 30.0 Å². The molecule has 0 radical (unpaired) electrons. The molecule has 2 bridgehead atoms. The maximum absolute atomic E-state index is 13.3. The zero-order valence-corrected chi connectivity index (χ0v) is 19.1. The van der Waals surface area contributed by atoms with Crippen LogP contribution in [-0.2, 0) is 16.6 Å². The molecule has 35 heavy (non-hydrogen) atoms. The van der Waals surface area contributed by atoms with Gasteiger partial charge in [-0.3, -0.25) is 9.69 Å². The first-order valence-electron chi connectivity index (χ1n) is 12.2. The van der Waals surface area contributed by atoms with Crippen molar-refractivity contribution in [2.75, 3.05) is 18.4 Å². The topological polar surface area (TPSA) is 135 Å². The number of rotatable bonds is 4. The summed E-state index contributed by atoms with van der Waals surface area (Å²) in [6.07, 6.45) is 3.86. The summed E-state index contributed by atoms with van der Waals surface area (Å²) in [5, 5.41) is 46.8. The number of piperidine rings is 1. The average molecular weight is 478 g/mol. The summed E-state index contributed by atoms with van der Waals surface area (Å²) in [5.74, 6) is -0.0232. The van der Waals surface area contributed by atoms with Crippen LogP contribution in [0, 0.1) is 5.92 Å². The number of phenolic OH excluding ortho intramolecular Hbond substituents is 1. The van der Waals surface area contributed by atoms with Crippen molar-refractivity contribution in [1.82, 2.24) is 9.88 Å². The Balaban J connectivity index is 1.35. The molecule has 1 aromatic heterocycles. The van der Waals surface area contributed by atoms with E-state index in [1.165, 1.54) is 31.2 Å². The van der Waals surface area contributed by atoms with E-state index < -0.39 is 23.0 Å². The van der Waals surface area contributed by atoms with Crippen molar-refractivity contribution in [3.05, 3.63) is 52.9 Å². The first kappa shape index (κ1) is 21.0. The fraction of sp³-hybridized carbons (Fsp3) is 0.462. The summed E-state index contributed by atoms with van der Waals surface area (Å²) in [4.78, 5) is 19.5. The lowest BCUT2D eigenvalue weighted by molar-refractivity contribution is -0.172. The van der Waals surface area contributed by atoms with Crippen molar-refractivity contribution in [2.45, 2.75) is 55.3 Å². The van der Waals surface area contributed by atoms with E-state index in [1.807, 2.05) is 6.07 Å². The molecule has 0 unspecified atom stereocenters. The van der Waals surface area contributed by atoms with Gasteiger partial charge in [0.05, 0.1) is 28.5 Å². The quantitative estimate of drug-likeness (QED) is 0.452. The number of benzene rings is 1. The van der Waals surface area contributed by atoms with Gasteiger partial charge in [-0.1, -0.05) is 6.07 Å². The van der Waals surface area contributed by atoms with Gasteiger partial charge in [-0.2, -0.15) is 0 Å². The van der Waals surface area contributed by atoms with E-state index in [0.29, 0.717) is 30.2 Å². The van der Waals surface area contributed by atoms with Crippen molar-refractivity contribution >= 4 is 11.6 Å². The number of aliphatic hydroxyl groups is 2. The van der Waals surface area contributed by atoms with E-state index in [-0.39, 0.29) is 35.4 Å². The van der Waals surface area contributed by atoms with Crippen molar-refractivity contribution in [1.29, 1.82) is 0 Å². The second kappa shape index (κ2) is 6.89. The highest BCUT2D eigenvalue weighted by atomic mass is 16.5. The number of hydrogen-bond donors (Lipinski definition) is 5. The Hall–Kier alpha value is -3.30. The maximum atomic E-state index is 13.3. The predicted octanol–water partition coefficient (Wildman–Crippen LogP) is 2.12. The van der Waals surface area contributed by atoms with Gasteiger partial charge in [-0.25, -0.2) is 4.98 Å². The first-order valence-corrected chi connectivity index (χ1v) is 12.2. The lowest BCUT2D eigenvalue weighted by Gasteiger charge is -2.62. The Labute approximate surface area is 201 Å². The molecule has 3 aliphatic carbocycles. The fourth-order valence-electron chi connectivity index (χ4n) is 7.03. The molecule has 2 aliphatic heterocycles. The number of likely N-dealkylation sites (tertiary alicyclic amines) is 1. The zero-order valence-electron chi connectivity index (χ0n) is 19.1. The lowest BCUT2D eigenvalue weighted by Crippen LogP contribution is -2.75. The van der Waals surface area contributed by atoms with Gasteiger partial charge in [0.15, 0.2) is 17.6 Å². The maximum Gasteiger partial charge on any atom is 0.255 e. The molecule has 2 aromatic rings. The third-order valence-electron chi connectivity index (χ3n) is 8.80. The normalized spacial score (nSPS) is 32.7. The molecule has 1 saturated carbocycles. The molecule has 1 amide bonds. The summed E-state index contributed by atoms with van der Waals surface area (Å²) in [5.41, 5.74) is -0.0752. The van der Waals surface area contributed by atoms with Crippen LogP contribution in [0.15, 0.2) is 41.8 Å². The number of carbonyl (C=O) groups is 1. The monoisotopic (exact) mass is 477 g/mol. The average Bonchev–Trinajstić information content (AvgIpc) is 3.57. The molecule has 9 heteroatoms. The first-order chi connectivity index (χ1) is 16.8. The molecule has 1 aromatic carbocycles. The number of pyridine rings is 1. The van der Waals surface area contributed by atoms with Crippen LogP contribution in [-0.4, -0.2) is 67.1 Å². The number of anilines is 1. The van der Waals surface area contributed by atoms with E-state index in [2.05, 4.69) is 15.2 Å². The Kier molecular flexibility index (Phi) is 4.14. The molecule has 1 spiro atoms. The molecule has 9 nitrogen and oxygen atoms in total. The van der Waals surface area contributed by atoms with Crippen LogP contribution < -0.4 is 10.1 Å². The third kappa shape index (κ3) is 2.70. The number of aromatic hydroxyl groups is 2. The second-order valence-corrected chi connectivity index (χ2v) is 10.6. The van der Waals surface area contributed by atoms with E-state index in [0.717, 1.165) is 24.2 Å². The number of nitrogens with zero attached hydrogens (tertiary/aromatic N) is 2. The van der Waals surface area contributed by atoms with Gasteiger partial charge >= 0.3 is 0 Å². The number of carbonyl (C=O) groups excluding carboxylic acids is 1. The van der Waals surface area contributed by atoms with Crippen LogP contribution in [0.2, 0.25) is 0 Å². The SMILES string of the molecule is O=C(Nc1ccc(O)nc1)C1=C(O)[C@@H]2Oc3c(O)ccc4c3[C@@]23CCN(CC2CC2)[C@H](C4)[C@]3(O)C1. The van der Waals surface area contributed by atoms with Crippen LogP contribution in [0.1, 0.15) is 36.8 Å². The molecule has 4 atom stereocenters. The molecule has 182 valence electrons. The number of amides is 1. The molecular formula is C26H27N3O6. The van der Waals surface area contributed by atoms with Crippen LogP contribution in [0.3, 0.4) is 0 Å². The van der Waals surface area contributed by atoms with E-state index in [9.17, 15) is 25.2 Å². The van der Waals surface area contributed by atoms with Gasteiger partial charge in [0.2, 0.25) is 5.88 Å². The summed E-state index contributed by atoms with van der Waals surface area (Å²) < 4.78 is 6.20. The Morgan fingerprint density at radius 3 is 2.77 bits per heavy atom. The van der Waals surface area contributed by atoms with E-state index in [4.69, 9.17) is 4.74 Å². The molecule has 1 saturated heterocycles. The van der Waals surface area contributed by atoms with Crippen LogP contribution >= 0.6 is 0 Å². The minimum absolute atomic E-state index is 0.0253. The van der Waals surface area contributed by atoms with Gasteiger partial charge in [-0.15, -0.1) is 0 Å². The van der Waals surface area contributed by atoms with Gasteiger partial charge in [0.25, 0.3) is 5.91 Å². The lowest BCUT2D eigenvalue weighted by atomic mass is 9.49. The number of phenols is 1. The summed E-state index contributed by atoms with van der Waals surface area (Å²) in [7, 11) is 0. The van der Waals surface area contributed by atoms with Crippen molar-refractivity contribution in [3.63, 3.8) is 0 Å². The highest BCUT2D eigenvalue weighted by molar-refractivity contribution is 6.04. The smallest absolute Gasteiger partial charge is 0.255 e. The molecule has 5 N–H and O–H groups in total. The molecule has 2 fully saturated rings. The van der Waals surface area contributed by atoms with Crippen molar-refractivity contribution in [2.24, 2.45) is 5.92 Å².